The molecule has 3 N–H and O–H groups in total. The normalized spacial score (nSPS) is 15.9. The van der Waals surface area contributed by atoms with Gasteiger partial charge in [0.05, 0.1) is 12.3 Å². The SMILES string of the molecule is Cc1ccc(NC(=O)Nc2ccc(OCCC3CCCCN3)c(-c3ccnn3C)c2)cc1. The second-order valence-corrected chi connectivity index (χ2v) is 8.28. The van der Waals surface area contributed by atoms with Crippen LogP contribution in [0.3, 0.4) is 0 Å². The molecule has 1 aliphatic rings. The predicted octanol–water partition coefficient (Wildman–Crippen LogP) is 4.95. The van der Waals surface area contributed by atoms with Crippen LogP contribution in [0.25, 0.3) is 11.3 Å². The van der Waals surface area contributed by atoms with Gasteiger partial charge in [-0.1, -0.05) is 24.1 Å². The molecule has 0 bridgehead atoms. The van der Waals surface area contributed by atoms with E-state index in [1.54, 1.807) is 10.9 Å². The Balaban J connectivity index is 1.46. The molecule has 32 heavy (non-hydrogen) atoms. The third-order valence-corrected chi connectivity index (χ3v) is 5.78. The molecule has 1 atom stereocenters. The first-order valence-corrected chi connectivity index (χ1v) is 11.2. The molecule has 3 aromatic rings. The van der Waals surface area contributed by atoms with Crippen molar-refractivity contribution in [2.45, 2.75) is 38.6 Å². The van der Waals surface area contributed by atoms with Crippen molar-refractivity contribution in [1.29, 1.82) is 0 Å². The van der Waals surface area contributed by atoms with Gasteiger partial charge in [0.25, 0.3) is 0 Å². The zero-order valence-electron chi connectivity index (χ0n) is 18.7. The summed E-state index contributed by atoms with van der Waals surface area (Å²) in [5.41, 5.74) is 4.41. The van der Waals surface area contributed by atoms with Crippen molar-refractivity contribution >= 4 is 17.4 Å². The molecule has 7 heteroatoms. The molecule has 0 radical (unpaired) electrons. The van der Waals surface area contributed by atoms with E-state index in [9.17, 15) is 4.79 Å². The molecule has 2 amide bonds. The highest BCUT2D eigenvalue weighted by Crippen LogP contribution is 2.33. The number of piperidine rings is 1. The zero-order chi connectivity index (χ0) is 22.3. The molecular formula is C25H31N5O2. The Morgan fingerprint density at radius 1 is 1.12 bits per heavy atom. The lowest BCUT2D eigenvalue weighted by Gasteiger charge is -2.23. The first-order chi connectivity index (χ1) is 15.6. The molecule has 7 nitrogen and oxygen atoms in total. The average Bonchev–Trinajstić information content (AvgIpc) is 3.22. The third-order valence-electron chi connectivity index (χ3n) is 5.78. The average molecular weight is 434 g/mol. The van der Waals surface area contributed by atoms with Gasteiger partial charge in [-0.05, 0) is 69.1 Å². The molecule has 1 unspecified atom stereocenters. The second kappa shape index (κ2) is 10.3. The van der Waals surface area contributed by atoms with E-state index in [-0.39, 0.29) is 6.03 Å². The Hall–Kier alpha value is -3.32. The number of amides is 2. The van der Waals surface area contributed by atoms with Crippen molar-refractivity contribution in [1.82, 2.24) is 15.1 Å². The van der Waals surface area contributed by atoms with E-state index in [0.717, 1.165) is 41.2 Å². The van der Waals surface area contributed by atoms with Crippen LogP contribution in [0.1, 0.15) is 31.2 Å². The summed E-state index contributed by atoms with van der Waals surface area (Å²) < 4.78 is 7.98. The number of urea groups is 1. The summed E-state index contributed by atoms with van der Waals surface area (Å²) in [6, 6.07) is 15.6. The monoisotopic (exact) mass is 433 g/mol. The summed E-state index contributed by atoms with van der Waals surface area (Å²) in [6.07, 6.45) is 6.48. The number of hydrogen-bond acceptors (Lipinski definition) is 4. The van der Waals surface area contributed by atoms with Crippen LogP contribution in [-0.4, -0.2) is 35.0 Å². The lowest BCUT2D eigenvalue weighted by Crippen LogP contribution is -2.35. The van der Waals surface area contributed by atoms with Crippen molar-refractivity contribution in [3.05, 3.63) is 60.3 Å². The fourth-order valence-electron chi connectivity index (χ4n) is 3.98. The van der Waals surface area contributed by atoms with Gasteiger partial charge in [0.1, 0.15) is 5.75 Å². The van der Waals surface area contributed by atoms with Gasteiger partial charge >= 0.3 is 6.03 Å². The highest BCUT2D eigenvalue weighted by molar-refractivity contribution is 6.00. The first-order valence-electron chi connectivity index (χ1n) is 11.2. The zero-order valence-corrected chi connectivity index (χ0v) is 18.7. The number of benzene rings is 2. The van der Waals surface area contributed by atoms with Crippen molar-refractivity contribution in [2.75, 3.05) is 23.8 Å². The van der Waals surface area contributed by atoms with E-state index < -0.39 is 0 Å². The Labute approximate surface area is 189 Å². The lowest BCUT2D eigenvalue weighted by molar-refractivity contribution is 0.262. The Morgan fingerprint density at radius 2 is 1.91 bits per heavy atom. The maximum absolute atomic E-state index is 12.5. The smallest absolute Gasteiger partial charge is 0.323 e. The van der Waals surface area contributed by atoms with E-state index in [1.807, 2.05) is 62.5 Å². The molecule has 168 valence electrons. The van der Waals surface area contributed by atoms with Gasteiger partial charge in [-0.3, -0.25) is 4.68 Å². The highest BCUT2D eigenvalue weighted by atomic mass is 16.5. The number of ether oxygens (including phenoxy) is 1. The quantitative estimate of drug-likeness (QED) is 0.492. The number of nitrogens with zero attached hydrogens (tertiary/aromatic N) is 2. The van der Waals surface area contributed by atoms with Crippen LogP contribution in [-0.2, 0) is 7.05 Å². The summed E-state index contributed by atoms with van der Waals surface area (Å²) >= 11 is 0. The number of aryl methyl sites for hydroxylation is 2. The van der Waals surface area contributed by atoms with Crippen LogP contribution < -0.4 is 20.7 Å². The summed E-state index contributed by atoms with van der Waals surface area (Å²) in [5.74, 6) is 0.786. The molecule has 1 saturated heterocycles. The summed E-state index contributed by atoms with van der Waals surface area (Å²) in [6.45, 7) is 3.75. The topological polar surface area (TPSA) is 80.2 Å². The van der Waals surface area contributed by atoms with Crippen molar-refractivity contribution in [2.24, 2.45) is 7.05 Å². The van der Waals surface area contributed by atoms with Gasteiger partial charge in [-0.25, -0.2) is 4.79 Å². The molecular weight excluding hydrogens is 402 g/mol. The van der Waals surface area contributed by atoms with E-state index in [2.05, 4.69) is 21.0 Å². The van der Waals surface area contributed by atoms with Crippen LogP contribution in [0, 0.1) is 6.92 Å². The van der Waals surface area contributed by atoms with Crippen LogP contribution >= 0.6 is 0 Å². The Bertz CT molecular complexity index is 1040. The van der Waals surface area contributed by atoms with Crippen LogP contribution in [0.15, 0.2) is 54.7 Å². The molecule has 1 aliphatic heterocycles. The molecule has 0 aliphatic carbocycles. The van der Waals surface area contributed by atoms with E-state index in [4.69, 9.17) is 4.74 Å². The number of carbonyl (C=O) groups excluding carboxylic acids is 1. The van der Waals surface area contributed by atoms with Crippen molar-refractivity contribution in [3.8, 4) is 17.0 Å². The first kappa shape index (κ1) is 21.9. The number of carbonyl (C=O) groups is 1. The summed E-state index contributed by atoms with van der Waals surface area (Å²) in [5, 5.41) is 13.6. The number of hydrogen-bond donors (Lipinski definition) is 3. The molecule has 0 spiro atoms. The van der Waals surface area contributed by atoms with Crippen molar-refractivity contribution in [3.63, 3.8) is 0 Å². The Morgan fingerprint density at radius 3 is 2.62 bits per heavy atom. The number of nitrogens with one attached hydrogen (secondary N) is 3. The van der Waals surface area contributed by atoms with Gasteiger partial charge < -0.3 is 20.7 Å². The number of aromatic nitrogens is 2. The highest BCUT2D eigenvalue weighted by Gasteiger charge is 2.15. The van der Waals surface area contributed by atoms with Crippen LogP contribution in [0.5, 0.6) is 5.75 Å². The molecule has 1 aromatic heterocycles. The summed E-state index contributed by atoms with van der Waals surface area (Å²) in [7, 11) is 1.90. The molecule has 1 fully saturated rings. The fourth-order valence-corrected chi connectivity index (χ4v) is 3.98. The fraction of sp³-hybridized carbons (Fsp3) is 0.360. The largest absolute Gasteiger partial charge is 0.493 e. The molecule has 2 aromatic carbocycles. The molecule has 4 rings (SSSR count). The number of anilines is 2. The standard InChI is InChI=1S/C25H31N5O2/c1-18-6-8-20(9-7-18)28-25(31)29-21-10-11-24(22(17-21)23-12-15-27-30(23)2)32-16-13-19-5-3-4-14-26-19/h6-12,15,17,19,26H,3-5,13-14,16H2,1-2H3,(H2,28,29,31). The minimum Gasteiger partial charge on any atom is -0.493 e. The van der Waals surface area contributed by atoms with Crippen LogP contribution in [0.2, 0.25) is 0 Å². The van der Waals surface area contributed by atoms with E-state index >= 15 is 0 Å². The van der Waals surface area contributed by atoms with Gasteiger partial charge in [0.15, 0.2) is 0 Å². The maximum atomic E-state index is 12.5. The minimum absolute atomic E-state index is 0.290. The van der Waals surface area contributed by atoms with Crippen molar-refractivity contribution < 1.29 is 9.53 Å². The van der Waals surface area contributed by atoms with Gasteiger partial charge in [0.2, 0.25) is 0 Å². The van der Waals surface area contributed by atoms with Gasteiger partial charge in [0, 0.05) is 36.2 Å². The van der Waals surface area contributed by atoms with Crippen LogP contribution in [0.4, 0.5) is 16.2 Å². The predicted molar refractivity (Wildman–Crippen MR) is 128 cm³/mol. The minimum atomic E-state index is -0.290. The third kappa shape index (κ3) is 5.68. The van der Waals surface area contributed by atoms with E-state index in [1.165, 1.54) is 19.3 Å². The lowest BCUT2D eigenvalue weighted by atomic mass is 10.0. The number of rotatable bonds is 7. The van der Waals surface area contributed by atoms with Gasteiger partial charge in [-0.15, -0.1) is 0 Å². The Kier molecular flexibility index (Phi) is 7.07. The molecule has 0 saturated carbocycles. The van der Waals surface area contributed by atoms with E-state index in [0.29, 0.717) is 18.3 Å². The molecule has 2 heterocycles. The second-order valence-electron chi connectivity index (χ2n) is 8.28. The summed E-state index contributed by atoms with van der Waals surface area (Å²) in [4.78, 5) is 12.5. The maximum Gasteiger partial charge on any atom is 0.323 e. The van der Waals surface area contributed by atoms with Gasteiger partial charge in [-0.2, -0.15) is 5.10 Å².